The number of carbonyl (C=O) groups is 1. The summed E-state index contributed by atoms with van der Waals surface area (Å²) < 4.78 is 40.1. The predicted molar refractivity (Wildman–Crippen MR) is 59.0 cm³/mol. The molecule has 0 aliphatic heterocycles. The summed E-state index contributed by atoms with van der Waals surface area (Å²) in [6.45, 7) is 0. The van der Waals surface area contributed by atoms with Crippen molar-refractivity contribution in [3.05, 3.63) is 18.0 Å². The average Bonchev–Trinajstić information content (AvgIpc) is 2.74. The minimum Gasteiger partial charge on any atom is -0.294 e. The minimum atomic E-state index is -4.29. The van der Waals surface area contributed by atoms with Crippen molar-refractivity contribution in [1.29, 1.82) is 0 Å². The fourth-order valence-electron chi connectivity index (χ4n) is 2.60. The molecule has 0 saturated heterocycles. The van der Waals surface area contributed by atoms with Gasteiger partial charge in [0, 0.05) is 19.2 Å². The van der Waals surface area contributed by atoms with Crippen LogP contribution in [0.15, 0.2) is 12.4 Å². The SMILES string of the molecule is Cn1cc(C(=O)C2CCCCC2C(F)(F)F)cn1. The Morgan fingerprint density at radius 1 is 1.39 bits per heavy atom. The van der Waals surface area contributed by atoms with Crippen LogP contribution in [-0.4, -0.2) is 21.7 Å². The maximum absolute atomic E-state index is 12.9. The smallest absolute Gasteiger partial charge is 0.294 e. The van der Waals surface area contributed by atoms with Crippen molar-refractivity contribution >= 4 is 5.78 Å². The number of halogens is 3. The zero-order chi connectivity index (χ0) is 13.3. The Hall–Kier alpha value is -1.33. The number of rotatable bonds is 2. The van der Waals surface area contributed by atoms with Crippen molar-refractivity contribution in [2.45, 2.75) is 31.9 Å². The van der Waals surface area contributed by atoms with Gasteiger partial charge in [-0.1, -0.05) is 12.8 Å². The summed E-state index contributed by atoms with van der Waals surface area (Å²) in [5, 5.41) is 3.83. The van der Waals surface area contributed by atoms with E-state index in [4.69, 9.17) is 0 Å². The lowest BCUT2D eigenvalue weighted by Gasteiger charge is -2.31. The van der Waals surface area contributed by atoms with Crippen LogP contribution in [-0.2, 0) is 7.05 Å². The molecule has 0 N–H and O–H groups in total. The van der Waals surface area contributed by atoms with Crippen molar-refractivity contribution in [2.75, 3.05) is 0 Å². The molecule has 0 aromatic carbocycles. The van der Waals surface area contributed by atoms with Gasteiger partial charge in [-0.05, 0) is 12.8 Å². The lowest BCUT2D eigenvalue weighted by atomic mass is 9.75. The molecular formula is C12H15F3N2O. The Balaban J connectivity index is 2.21. The normalized spacial score (nSPS) is 25.1. The van der Waals surface area contributed by atoms with E-state index in [2.05, 4.69) is 5.10 Å². The van der Waals surface area contributed by atoms with E-state index in [1.807, 2.05) is 0 Å². The van der Waals surface area contributed by atoms with E-state index in [1.165, 1.54) is 17.1 Å². The van der Waals surface area contributed by atoms with Gasteiger partial charge < -0.3 is 0 Å². The van der Waals surface area contributed by atoms with Gasteiger partial charge in [0.1, 0.15) is 0 Å². The maximum Gasteiger partial charge on any atom is 0.392 e. The zero-order valence-electron chi connectivity index (χ0n) is 10.1. The van der Waals surface area contributed by atoms with E-state index in [0.717, 1.165) is 0 Å². The maximum atomic E-state index is 12.9. The second kappa shape index (κ2) is 4.74. The monoisotopic (exact) mass is 260 g/mol. The molecule has 1 aliphatic rings. The van der Waals surface area contributed by atoms with Gasteiger partial charge in [0.05, 0.1) is 17.7 Å². The summed E-state index contributed by atoms with van der Waals surface area (Å²) in [5.41, 5.74) is 0.277. The Morgan fingerprint density at radius 2 is 2.06 bits per heavy atom. The second-order valence-corrected chi connectivity index (χ2v) is 4.81. The highest BCUT2D eigenvalue weighted by molar-refractivity contribution is 5.97. The molecule has 6 heteroatoms. The summed E-state index contributed by atoms with van der Waals surface area (Å²) in [7, 11) is 1.64. The summed E-state index contributed by atoms with van der Waals surface area (Å²) in [5.74, 6) is -2.87. The van der Waals surface area contributed by atoms with Crippen LogP contribution in [0, 0.1) is 11.8 Å². The lowest BCUT2D eigenvalue weighted by Crippen LogP contribution is -2.37. The number of aromatic nitrogens is 2. The third-order valence-corrected chi connectivity index (χ3v) is 3.51. The fourth-order valence-corrected chi connectivity index (χ4v) is 2.60. The molecule has 1 aliphatic carbocycles. The molecule has 1 aromatic heterocycles. The number of carbonyl (C=O) groups excluding carboxylic acids is 1. The average molecular weight is 260 g/mol. The van der Waals surface area contributed by atoms with Gasteiger partial charge in [-0.25, -0.2) is 0 Å². The molecule has 18 heavy (non-hydrogen) atoms. The van der Waals surface area contributed by atoms with E-state index < -0.39 is 23.8 Å². The van der Waals surface area contributed by atoms with E-state index in [9.17, 15) is 18.0 Å². The first-order chi connectivity index (χ1) is 8.39. The number of alkyl halides is 3. The van der Waals surface area contributed by atoms with Crippen molar-refractivity contribution in [2.24, 2.45) is 18.9 Å². The van der Waals surface area contributed by atoms with Crippen LogP contribution >= 0.6 is 0 Å². The summed E-state index contributed by atoms with van der Waals surface area (Å²) in [6.07, 6.45) is 0.125. The van der Waals surface area contributed by atoms with Crippen LogP contribution in [0.5, 0.6) is 0 Å². The van der Waals surface area contributed by atoms with Crippen LogP contribution in [0.4, 0.5) is 13.2 Å². The van der Waals surface area contributed by atoms with Gasteiger partial charge in [0.2, 0.25) is 0 Å². The molecular weight excluding hydrogens is 245 g/mol. The van der Waals surface area contributed by atoms with E-state index >= 15 is 0 Å². The topological polar surface area (TPSA) is 34.9 Å². The van der Waals surface area contributed by atoms with Gasteiger partial charge in [0.15, 0.2) is 5.78 Å². The standard InChI is InChI=1S/C12H15F3N2O/c1-17-7-8(6-16-17)11(18)9-4-2-3-5-10(9)12(13,14)15/h6-7,9-10H,2-5H2,1H3. The molecule has 1 fully saturated rings. The first-order valence-corrected chi connectivity index (χ1v) is 5.99. The number of hydrogen-bond acceptors (Lipinski definition) is 2. The number of hydrogen-bond donors (Lipinski definition) is 0. The molecule has 100 valence electrons. The Bertz CT molecular complexity index is 439. The third-order valence-electron chi connectivity index (χ3n) is 3.51. The number of aryl methyl sites for hydroxylation is 1. The van der Waals surface area contributed by atoms with Crippen molar-refractivity contribution in [3.63, 3.8) is 0 Å². The van der Waals surface area contributed by atoms with Crippen LogP contribution in [0.1, 0.15) is 36.0 Å². The highest BCUT2D eigenvalue weighted by Gasteiger charge is 2.48. The first-order valence-electron chi connectivity index (χ1n) is 5.99. The molecule has 0 spiro atoms. The fraction of sp³-hybridized carbons (Fsp3) is 0.667. The van der Waals surface area contributed by atoms with Gasteiger partial charge in [0.25, 0.3) is 0 Å². The molecule has 1 aromatic rings. The Morgan fingerprint density at radius 3 is 2.61 bits per heavy atom. The molecule has 2 rings (SSSR count). The molecule has 3 nitrogen and oxygen atoms in total. The Kier molecular flexibility index (Phi) is 3.45. The van der Waals surface area contributed by atoms with Gasteiger partial charge in [-0.3, -0.25) is 9.48 Å². The van der Waals surface area contributed by atoms with Gasteiger partial charge in [-0.15, -0.1) is 0 Å². The second-order valence-electron chi connectivity index (χ2n) is 4.81. The molecule has 0 bridgehead atoms. The highest BCUT2D eigenvalue weighted by atomic mass is 19.4. The third kappa shape index (κ3) is 2.57. The molecule has 0 radical (unpaired) electrons. The summed E-state index contributed by atoms with van der Waals surface area (Å²) in [4.78, 5) is 12.1. The predicted octanol–water partition coefficient (Wildman–Crippen LogP) is 2.97. The Labute approximate surface area is 103 Å². The quantitative estimate of drug-likeness (QED) is 0.766. The summed E-state index contributed by atoms with van der Waals surface area (Å²) >= 11 is 0. The summed E-state index contributed by atoms with van der Waals surface area (Å²) in [6, 6.07) is 0. The van der Waals surface area contributed by atoms with E-state index in [0.29, 0.717) is 19.3 Å². The molecule has 0 amide bonds. The van der Waals surface area contributed by atoms with Gasteiger partial charge >= 0.3 is 6.18 Å². The van der Waals surface area contributed by atoms with E-state index in [-0.39, 0.29) is 12.0 Å². The first kappa shape index (κ1) is 13.1. The van der Waals surface area contributed by atoms with Crippen LogP contribution in [0.25, 0.3) is 0 Å². The number of Topliss-reactive ketones (excluding diaryl/α,β-unsaturated/α-hetero) is 1. The van der Waals surface area contributed by atoms with Crippen molar-refractivity contribution in [1.82, 2.24) is 9.78 Å². The molecule has 1 saturated carbocycles. The van der Waals surface area contributed by atoms with Crippen LogP contribution in [0.2, 0.25) is 0 Å². The largest absolute Gasteiger partial charge is 0.392 e. The number of ketones is 1. The van der Waals surface area contributed by atoms with E-state index in [1.54, 1.807) is 7.05 Å². The van der Waals surface area contributed by atoms with Crippen molar-refractivity contribution in [3.8, 4) is 0 Å². The van der Waals surface area contributed by atoms with Crippen molar-refractivity contribution < 1.29 is 18.0 Å². The number of nitrogens with zero attached hydrogens (tertiary/aromatic N) is 2. The molecule has 2 unspecified atom stereocenters. The lowest BCUT2D eigenvalue weighted by molar-refractivity contribution is -0.190. The van der Waals surface area contributed by atoms with Gasteiger partial charge in [-0.2, -0.15) is 18.3 Å². The minimum absolute atomic E-state index is 0.0557. The molecule has 2 atom stereocenters. The molecule has 1 heterocycles. The van der Waals surface area contributed by atoms with Crippen LogP contribution < -0.4 is 0 Å². The van der Waals surface area contributed by atoms with Crippen LogP contribution in [0.3, 0.4) is 0 Å². The highest BCUT2D eigenvalue weighted by Crippen LogP contribution is 2.42. The zero-order valence-corrected chi connectivity index (χ0v) is 10.1.